The van der Waals surface area contributed by atoms with Crippen LogP contribution >= 0.6 is 11.6 Å². The van der Waals surface area contributed by atoms with Gasteiger partial charge in [0.25, 0.3) is 5.91 Å². The molecule has 1 amide bonds. The van der Waals surface area contributed by atoms with E-state index in [1.165, 1.54) is 0 Å². The van der Waals surface area contributed by atoms with Crippen molar-refractivity contribution in [2.75, 3.05) is 6.61 Å². The summed E-state index contributed by atoms with van der Waals surface area (Å²) >= 11 is 6.00. The minimum atomic E-state index is -0.201. The van der Waals surface area contributed by atoms with Gasteiger partial charge < -0.3 is 10.4 Å². The molecule has 2 atom stereocenters. The van der Waals surface area contributed by atoms with Gasteiger partial charge in [0.05, 0.1) is 0 Å². The molecule has 0 aliphatic rings. The monoisotopic (exact) mass is 298 g/mol. The number of hydrogen-bond donors (Lipinski definition) is 2. The molecule has 5 heteroatoms. The van der Waals surface area contributed by atoms with E-state index in [2.05, 4.69) is 10.3 Å². The molecule has 2 unspecified atom stereocenters. The molecule has 0 bridgehead atoms. The number of pyridine rings is 1. The quantitative estimate of drug-likeness (QED) is 0.840. The first-order chi connectivity index (χ1) is 9.15. The van der Waals surface area contributed by atoms with Crippen LogP contribution in [0.4, 0.5) is 0 Å². The van der Waals surface area contributed by atoms with Crippen molar-refractivity contribution in [3.05, 3.63) is 28.5 Å². The summed E-state index contributed by atoms with van der Waals surface area (Å²) in [4.78, 5) is 16.5. The zero-order valence-corrected chi connectivity index (χ0v) is 13.5. The maximum Gasteiger partial charge on any atom is 0.251 e. The van der Waals surface area contributed by atoms with Gasteiger partial charge in [0.1, 0.15) is 5.15 Å². The van der Waals surface area contributed by atoms with E-state index in [0.29, 0.717) is 10.7 Å². The molecule has 0 aliphatic heterocycles. The van der Waals surface area contributed by atoms with E-state index in [9.17, 15) is 4.79 Å². The van der Waals surface area contributed by atoms with Gasteiger partial charge in [-0.2, -0.15) is 0 Å². The van der Waals surface area contributed by atoms with E-state index in [1.807, 2.05) is 34.6 Å². The Kier molecular flexibility index (Phi) is 5.54. The first kappa shape index (κ1) is 16.9. The maximum atomic E-state index is 12.2. The number of carbonyl (C=O) groups is 1. The fourth-order valence-corrected chi connectivity index (χ4v) is 1.81. The fraction of sp³-hybridized carbons (Fsp3) is 0.600. The fourth-order valence-electron chi connectivity index (χ4n) is 1.60. The number of rotatable bonds is 4. The van der Waals surface area contributed by atoms with Crippen LogP contribution in [0.3, 0.4) is 0 Å². The second-order valence-corrected chi connectivity index (χ2v) is 6.62. The van der Waals surface area contributed by atoms with E-state index in [-0.39, 0.29) is 29.9 Å². The van der Waals surface area contributed by atoms with Crippen LogP contribution in [0.5, 0.6) is 0 Å². The Balaban J connectivity index is 2.97. The lowest BCUT2D eigenvalue weighted by molar-refractivity contribution is 0.0916. The summed E-state index contributed by atoms with van der Waals surface area (Å²) in [6.45, 7) is 9.83. The summed E-state index contributed by atoms with van der Waals surface area (Å²) in [5.74, 6) is -0.203. The van der Waals surface area contributed by atoms with Gasteiger partial charge in [-0.1, -0.05) is 39.3 Å². The van der Waals surface area contributed by atoms with Crippen LogP contribution in [-0.2, 0) is 5.41 Å². The summed E-state index contributed by atoms with van der Waals surface area (Å²) in [6.07, 6.45) is 0. The number of carbonyl (C=O) groups excluding carboxylic acids is 1. The average molecular weight is 299 g/mol. The van der Waals surface area contributed by atoms with E-state index < -0.39 is 0 Å². The van der Waals surface area contributed by atoms with Crippen molar-refractivity contribution in [2.24, 2.45) is 5.92 Å². The Morgan fingerprint density at radius 2 is 2.00 bits per heavy atom. The summed E-state index contributed by atoms with van der Waals surface area (Å²) in [6, 6.07) is 3.21. The third kappa shape index (κ3) is 4.46. The number of halogens is 1. The van der Waals surface area contributed by atoms with E-state index >= 15 is 0 Å². The van der Waals surface area contributed by atoms with Crippen molar-refractivity contribution in [3.63, 3.8) is 0 Å². The first-order valence-corrected chi connectivity index (χ1v) is 7.12. The summed E-state index contributed by atoms with van der Waals surface area (Å²) in [5.41, 5.74) is 1.09. The number of nitrogens with zero attached hydrogens (tertiary/aromatic N) is 1. The Bertz CT molecular complexity index is 483. The topological polar surface area (TPSA) is 62.2 Å². The lowest BCUT2D eigenvalue weighted by Crippen LogP contribution is -2.38. The van der Waals surface area contributed by atoms with Crippen molar-refractivity contribution in [3.8, 4) is 0 Å². The number of aliphatic hydroxyl groups is 1. The van der Waals surface area contributed by atoms with Gasteiger partial charge >= 0.3 is 0 Å². The highest BCUT2D eigenvalue weighted by molar-refractivity contribution is 6.29. The number of amides is 1. The Morgan fingerprint density at radius 3 is 2.50 bits per heavy atom. The van der Waals surface area contributed by atoms with Gasteiger partial charge in [-0.15, -0.1) is 0 Å². The van der Waals surface area contributed by atoms with Crippen molar-refractivity contribution in [1.29, 1.82) is 0 Å². The third-order valence-electron chi connectivity index (χ3n) is 3.32. The number of aromatic nitrogens is 1. The van der Waals surface area contributed by atoms with Gasteiger partial charge in [0.15, 0.2) is 0 Å². The molecular formula is C15H23ClN2O2. The zero-order valence-electron chi connectivity index (χ0n) is 12.7. The molecule has 1 aromatic heterocycles. The van der Waals surface area contributed by atoms with Gasteiger partial charge in [-0.3, -0.25) is 4.79 Å². The number of nitrogens with one attached hydrogen (secondary N) is 1. The molecule has 0 aliphatic carbocycles. The van der Waals surface area contributed by atoms with E-state index in [4.69, 9.17) is 16.7 Å². The Hall–Kier alpha value is -1.13. The second kappa shape index (κ2) is 6.55. The Labute approximate surface area is 125 Å². The SMILES string of the molecule is CC(CO)C(C)NC(=O)c1cc(Cl)nc(C(C)(C)C)c1. The van der Waals surface area contributed by atoms with Crippen molar-refractivity contribution in [1.82, 2.24) is 10.3 Å². The molecule has 0 fully saturated rings. The molecule has 2 N–H and O–H groups in total. The second-order valence-electron chi connectivity index (χ2n) is 6.24. The highest BCUT2D eigenvalue weighted by Gasteiger charge is 2.20. The Morgan fingerprint density at radius 1 is 1.40 bits per heavy atom. The van der Waals surface area contributed by atoms with Crippen molar-refractivity contribution in [2.45, 2.75) is 46.1 Å². The lowest BCUT2D eigenvalue weighted by Gasteiger charge is -2.21. The third-order valence-corrected chi connectivity index (χ3v) is 3.52. The van der Waals surface area contributed by atoms with Gasteiger partial charge in [-0.25, -0.2) is 4.98 Å². The highest BCUT2D eigenvalue weighted by Crippen LogP contribution is 2.23. The van der Waals surface area contributed by atoms with E-state index in [1.54, 1.807) is 12.1 Å². The van der Waals surface area contributed by atoms with Crippen LogP contribution in [0.1, 0.15) is 50.7 Å². The summed E-state index contributed by atoms with van der Waals surface area (Å²) in [5, 5.41) is 12.3. The van der Waals surface area contributed by atoms with Crippen molar-refractivity contribution >= 4 is 17.5 Å². The lowest BCUT2D eigenvalue weighted by atomic mass is 9.90. The van der Waals surface area contributed by atoms with Crippen LogP contribution in [0.2, 0.25) is 5.15 Å². The molecule has 0 spiro atoms. The average Bonchev–Trinajstić information content (AvgIpc) is 2.35. The molecule has 0 aromatic carbocycles. The molecule has 0 saturated heterocycles. The van der Waals surface area contributed by atoms with Crippen LogP contribution in [0, 0.1) is 5.92 Å². The molecule has 20 heavy (non-hydrogen) atoms. The maximum absolute atomic E-state index is 12.2. The molecule has 112 valence electrons. The molecule has 1 heterocycles. The zero-order chi connectivity index (χ0) is 15.5. The smallest absolute Gasteiger partial charge is 0.251 e. The molecule has 0 radical (unpaired) electrons. The predicted molar refractivity (Wildman–Crippen MR) is 81.1 cm³/mol. The van der Waals surface area contributed by atoms with Crippen molar-refractivity contribution < 1.29 is 9.90 Å². The van der Waals surface area contributed by atoms with Gasteiger partial charge in [-0.05, 0) is 25.0 Å². The minimum absolute atomic E-state index is 0.00153. The first-order valence-electron chi connectivity index (χ1n) is 6.75. The van der Waals surface area contributed by atoms with Gasteiger partial charge in [0, 0.05) is 29.3 Å². The van der Waals surface area contributed by atoms with Crippen LogP contribution < -0.4 is 5.32 Å². The molecule has 4 nitrogen and oxygen atoms in total. The predicted octanol–water partition coefficient (Wildman–Crippen LogP) is 2.78. The summed E-state index contributed by atoms with van der Waals surface area (Å²) < 4.78 is 0. The van der Waals surface area contributed by atoms with Crippen LogP contribution in [0.25, 0.3) is 0 Å². The summed E-state index contributed by atoms with van der Waals surface area (Å²) in [7, 11) is 0. The molecule has 1 rings (SSSR count). The van der Waals surface area contributed by atoms with Crippen LogP contribution in [-0.4, -0.2) is 28.6 Å². The minimum Gasteiger partial charge on any atom is -0.396 e. The number of hydrogen-bond acceptors (Lipinski definition) is 3. The molecular weight excluding hydrogens is 276 g/mol. The highest BCUT2D eigenvalue weighted by atomic mass is 35.5. The molecule has 0 saturated carbocycles. The standard InChI is InChI=1S/C15H23ClN2O2/c1-9(8-19)10(2)17-14(20)11-6-12(15(3,4)5)18-13(16)7-11/h6-7,9-10,19H,8H2,1-5H3,(H,17,20). The number of aliphatic hydroxyl groups excluding tert-OH is 1. The van der Waals surface area contributed by atoms with Gasteiger partial charge in [0.2, 0.25) is 0 Å². The van der Waals surface area contributed by atoms with E-state index in [0.717, 1.165) is 5.69 Å². The van der Waals surface area contributed by atoms with Crippen LogP contribution in [0.15, 0.2) is 12.1 Å². The largest absolute Gasteiger partial charge is 0.396 e. The molecule has 1 aromatic rings. The normalized spacial score (nSPS) is 14.8.